The van der Waals surface area contributed by atoms with Gasteiger partial charge in [0.2, 0.25) is 5.91 Å². The molecule has 0 saturated heterocycles. The number of amides is 2. The molecule has 2 aromatic rings. The highest BCUT2D eigenvalue weighted by Gasteiger charge is 2.30. The molecule has 3 N–H and O–H groups in total. The highest BCUT2D eigenvalue weighted by molar-refractivity contribution is 5.89. The lowest BCUT2D eigenvalue weighted by Crippen LogP contribution is -2.55. The van der Waals surface area contributed by atoms with Gasteiger partial charge in [0.05, 0.1) is 0 Å². The Morgan fingerprint density at radius 3 is 2.06 bits per heavy atom. The molecule has 2 atom stereocenters. The number of benzene rings is 2. The predicted molar refractivity (Wildman–Crippen MR) is 125 cm³/mol. The van der Waals surface area contributed by atoms with E-state index in [9.17, 15) is 19.5 Å². The van der Waals surface area contributed by atoms with Gasteiger partial charge in [-0.3, -0.25) is 4.79 Å². The molecule has 0 saturated carbocycles. The molecule has 33 heavy (non-hydrogen) atoms. The number of alkyl carbamates (subject to hydrolysis) is 1. The van der Waals surface area contributed by atoms with Crippen LogP contribution < -0.4 is 10.6 Å². The number of ether oxygens (including phenoxy) is 1. The van der Waals surface area contributed by atoms with Crippen LogP contribution in [0.1, 0.15) is 36.8 Å². The number of fused-ring (bicyclic) bond motifs is 3. The molecule has 3 rings (SSSR count). The summed E-state index contributed by atoms with van der Waals surface area (Å²) in [6.45, 7) is 2.17. The van der Waals surface area contributed by atoms with Gasteiger partial charge in [0.1, 0.15) is 18.7 Å². The third-order valence-electron chi connectivity index (χ3n) is 5.69. The van der Waals surface area contributed by atoms with Crippen molar-refractivity contribution in [1.29, 1.82) is 0 Å². The number of nitrogens with one attached hydrogen (secondary N) is 2. The minimum absolute atomic E-state index is 0.0924. The molecule has 0 aliphatic heterocycles. The van der Waals surface area contributed by atoms with E-state index in [1.165, 1.54) is 0 Å². The van der Waals surface area contributed by atoms with E-state index in [0.29, 0.717) is 12.8 Å². The lowest BCUT2D eigenvalue weighted by Gasteiger charge is -2.24. The SMILES string of the molecule is CCCC(NC(=O)C(CN(C)C)NC(=O)OCC1c2ccccc2-c2ccccc21)C(=O)O. The highest BCUT2D eigenvalue weighted by atomic mass is 16.5. The fourth-order valence-corrected chi connectivity index (χ4v) is 4.16. The first-order valence-corrected chi connectivity index (χ1v) is 11.1. The summed E-state index contributed by atoms with van der Waals surface area (Å²) in [6, 6.07) is 14.1. The van der Waals surface area contributed by atoms with Gasteiger partial charge in [-0.25, -0.2) is 9.59 Å². The summed E-state index contributed by atoms with van der Waals surface area (Å²) in [4.78, 5) is 38.5. The second-order valence-corrected chi connectivity index (χ2v) is 8.47. The number of carbonyl (C=O) groups is 3. The Labute approximate surface area is 193 Å². The fraction of sp³-hybridized carbons (Fsp3) is 0.400. The number of aliphatic carboxylic acids is 1. The van der Waals surface area contributed by atoms with E-state index in [1.54, 1.807) is 19.0 Å². The largest absolute Gasteiger partial charge is 0.480 e. The van der Waals surface area contributed by atoms with Gasteiger partial charge in [0.25, 0.3) is 0 Å². The Kier molecular flexibility index (Phi) is 8.06. The average molecular weight is 454 g/mol. The van der Waals surface area contributed by atoms with Gasteiger partial charge in [0.15, 0.2) is 0 Å². The molecule has 1 aliphatic carbocycles. The van der Waals surface area contributed by atoms with Gasteiger partial charge in [0, 0.05) is 12.5 Å². The first kappa shape index (κ1) is 24.3. The summed E-state index contributed by atoms with van der Waals surface area (Å²) in [5, 5.41) is 14.4. The molecule has 0 heterocycles. The quantitative estimate of drug-likeness (QED) is 0.511. The molecule has 0 radical (unpaired) electrons. The van der Waals surface area contributed by atoms with Crippen LogP contribution in [0.15, 0.2) is 48.5 Å². The van der Waals surface area contributed by atoms with Crippen molar-refractivity contribution in [1.82, 2.24) is 15.5 Å². The summed E-state index contributed by atoms with van der Waals surface area (Å²) in [7, 11) is 3.53. The lowest BCUT2D eigenvalue weighted by molar-refractivity contribution is -0.142. The zero-order chi connectivity index (χ0) is 24.0. The van der Waals surface area contributed by atoms with Crippen molar-refractivity contribution in [3.05, 3.63) is 59.7 Å². The van der Waals surface area contributed by atoms with Crippen molar-refractivity contribution in [3.8, 4) is 11.1 Å². The van der Waals surface area contributed by atoms with Gasteiger partial charge in [-0.05, 0) is 42.8 Å². The van der Waals surface area contributed by atoms with Gasteiger partial charge < -0.3 is 25.4 Å². The summed E-state index contributed by atoms with van der Waals surface area (Å²) in [5.74, 6) is -1.75. The molecule has 2 aromatic carbocycles. The summed E-state index contributed by atoms with van der Waals surface area (Å²) in [5.41, 5.74) is 4.45. The second-order valence-electron chi connectivity index (χ2n) is 8.47. The molecule has 0 fully saturated rings. The van der Waals surface area contributed by atoms with Crippen LogP contribution in [0.2, 0.25) is 0 Å². The number of carboxylic acids is 1. The van der Waals surface area contributed by atoms with E-state index < -0.39 is 30.1 Å². The standard InChI is InChI=1S/C25H31N3O5/c1-4-9-21(24(30)31)26-23(29)22(14-28(2)3)27-25(32)33-15-20-18-12-7-5-10-16(18)17-11-6-8-13-19(17)20/h5-8,10-13,20-22H,4,9,14-15H2,1-3H3,(H,26,29)(H,27,32)(H,30,31). The molecule has 0 aromatic heterocycles. The van der Waals surface area contributed by atoms with E-state index >= 15 is 0 Å². The molecule has 0 spiro atoms. The molecule has 1 aliphatic rings. The van der Waals surface area contributed by atoms with Gasteiger partial charge in [-0.2, -0.15) is 0 Å². The minimum atomic E-state index is -1.10. The van der Waals surface area contributed by atoms with Crippen molar-refractivity contribution in [2.45, 2.75) is 37.8 Å². The predicted octanol–water partition coefficient (Wildman–Crippen LogP) is 2.82. The van der Waals surface area contributed by atoms with Gasteiger partial charge >= 0.3 is 12.1 Å². The monoisotopic (exact) mass is 453 g/mol. The smallest absolute Gasteiger partial charge is 0.407 e. The Balaban J connectivity index is 1.66. The van der Waals surface area contributed by atoms with Crippen molar-refractivity contribution >= 4 is 18.0 Å². The van der Waals surface area contributed by atoms with Crippen LogP contribution in [0.4, 0.5) is 4.79 Å². The van der Waals surface area contributed by atoms with Crippen LogP contribution in [0, 0.1) is 0 Å². The first-order chi connectivity index (χ1) is 15.8. The molecule has 2 amide bonds. The Morgan fingerprint density at radius 2 is 1.55 bits per heavy atom. The Bertz CT molecular complexity index is 962. The highest BCUT2D eigenvalue weighted by Crippen LogP contribution is 2.44. The van der Waals surface area contributed by atoms with E-state index in [-0.39, 0.29) is 19.1 Å². The van der Waals surface area contributed by atoms with Crippen LogP contribution in [0.5, 0.6) is 0 Å². The Morgan fingerprint density at radius 1 is 0.970 bits per heavy atom. The number of carboxylic acid groups (broad SMARTS) is 1. The first-order valence-electron chi connectivity index (χ1n) is 11.1. The van der Waals surface area contributed by atoms with Gasteiger partial charge in [-0.15, -0.1) is 0 Å². The number of hydrogen-bond acceptors (Lipinski definition) is 5. The topological polar surface area (TPSA) is 108 Å². The maximum atomic E-state index is 12.7. The summed E-state index contributed by atoms with van der Waals surface area (Å²) < 4.78 is 5.54. The lowest BCUT2D eigenvalue weighted by atomic mass is 9.98. The van der Waals surface area contributed by atoms with Crippen LogP contribution >= 0.6 is 0 Å². The fourth-order valence-electron chi connectivity index (χ4n) is 4.16. The molecule has 8 heteroatoms. The molecular formula is C25H31N3O5. The normalized spacial score (nSPS) is 14.2. The van der Waals surface area contributed by atoms with Crippen molar-refractivity contribution < 1.29 is 24.2 Å². The number of hydrogen-bond donors (Lipinski definition) is 3. The van der Waals surface area contributed by atoms with E-state index in [0.717, 1.165) is 22.3 Å². The third-order valence-corrected chi connectivity index (χ3v) is 5.69. The maximum absolute atomic E-state index is 12.7. The van der Waals surface area contributed by atoms with Crippen molar-refractivity contribution in [2.24, 2.45) is 0 Å². The molecular weight excluding hydrogens is 422 g/mol. The number of likely N-dealkylation sites (N-methyl/N-ethyl adjacent to an activating group) is 1. The average Bonchev–Trinajstić information content (AvgIpc) is 3.10. The van der Waals surface area contributed by atoms with Crippen LogP contribution in [-0.2, 0) is 14.3 Å². The number of carbonyl (C=O) groups excluding carboxylic acids is 2. The van der Waals surface area contributed by atoms with Gasteiger partial charge in [-0.1, -0.05) is 61.9 Å². The second kappa shape index (κ2) is 11.0. The number of nitrogens with zero attached hydrogens (tertiary/aromatic N) is 1. The number of rotatable bonds is 10. The molecule has 2 unspecified atom stereocenters. The zero-order valence-electron chi connectivity index (χ0n) is 19.2. The van der Waals surface area contributed by atoms with Crippen molar-refractivity contribution in [3.63, 3.8) is 0 Å². The summed E-state index contributed by atoms with van der Waals surface area (Å²) >= 11 is 0. The molecule has 176 valence electrons. The minimum Gasteiger partial charge on any atom is -0.480 e. The van der Waals surface area contributed by atoms with Crippen LogP contribution in [0.3, 0.4) is 0 Å². The molecule has 0 bridgehead atoms. The zero-order valence-corrected chi connectivity index (χ0v) is 19.2. The molecule has 8 nitrogen and oxygen atoms in total. The summed E-state index contributed by atoms with van der Waals surface area (Å²) in [6.07, 6.45) is 0.192. The third kappa shape index (κ3) is 5.90. The van der Waals surface area contributed by atoms with Crippen LogP contribution in [-0.4, -0.2) is 67.3 Å². The Hall–Kier alpha value is -3.39. The van der Waals surface area contributed by atoms with E-state index in [4.69, 9.17) is 4.74 Å². The van der Waals surface area contributed by atoms with E-state index in [1.807, 2.05) is 43.3 Å². The van der Waals surface area contributed by atoms with Crippen LogP contribution in [0.25, 0.3) is 11.1 Å². The maximum Gasteiger partial charge on any atom is 0.407 e. The van der Waals surface area contributed by atoms with Crippen molar-refractivity contribution in [2.75, 3.05) is 27.2 Å². The van der Waals surface area contributed by atoms with E-state index in [2.05, 4.69) is 22.8 Å².